The standard InChI is InChI=1S/C20H26N4O3/c1-3-17(25)24-10-13(2)8-15(11-24)27-20-18-16(14-4-6-26-7-5-14)9-21-19(18)22-12-23-20/h3,9,12-15H,1,4-8,10-11H2,2H3,(H,21,22,23)/t13-,15+/m0/s1. The van der Waals surface area contributed by atoms with Gasteiger partial charge in [-0.3, -0.25) is 4.79 Å². The molecule has 0 saturated carbocycles. The van der Waals surface area contributed by atoms with Crippen molar-refractivity contribution < 1.29 is 14.3 Å². The molecular weight excluding hydrogens is 344 g/mol. The molecule has 0 bridgehead atoms. The average Bonchev–Trinajstić information content (AvgIpc) is 3.13. The van der Waals surface area contributed by atoms with Gasteiger partial charge in [0.05, 0.1) is 11.9 Å². The van der Waals surface area contributed by atoms with E-state index < -0.39 is 0 Å². The molecule has 2 aliphatic rings. The number of likely N-dealkylation sites (tertiary alicyclic amines) is 1. The Hall–Kier alpha value is -2.41. The van der Waals surface area contributed by atoms with Gasteiger partial charge in [0.1, 0.15) is 18.1 Å². The molecule has 0 aromatic carbocycles. The summed E-state index contributed by atoms with van der Waals surface area (Å²) >= 11 is 0. The predicted octanol–water partition coefficient (Wildman–Crippen LogP) is 2.65. The molecule has 2 aromatic rings. The number of aromatic nitrogens is 3. The van der Waals surface area contributed by atoms with Crippen LogP contribution in [-0.4, -0.2) is 58.2 Å². The minimum atomic E-state index is -0.0896. The topological polar surface area (TPSA) is 80.3 Å². The summed E-state index contributed by atoms with van der Waals surface area (Å²) in [5, 5.41) is 0.962. The van der Waals surface area contributed by atoms with Crippen molar-refractivity contribution in [2.45, 2.75) is 38.2 Å². The van der Waals surface area contributed by atoms with Gasteiger partial charge in [-0.1, -0.05) is 13.5 Å². The lowest BCUT2D eigenvalue weighted by Crippen LogP contribution is -2.47. The van der Waals surface area contributed by atoms with Crippen LogP contribution in [0.4, 0.5) is 0 Å². The summed E-state index contributed by atoms with van der Waals surface area (Å²) in [6.45, 7) is 8.58. The van der Waals surface area contributed by atoms with E-state index in [9.17, 15) is 4.79 Å². The number of piperidine rings is 1. The number of ether oxygens (including phenoxy) is 2. The van der Waals surface area contributed by atoms with Gasteiger partial charge in [-0.2, -0.15) is 0 Å². The molecule has 0 unspecified atom stereocenters. The predicted molar refractivity (Wildman–Crippen MR) is 102 cm³/mol. The highest BCUT2D eigenvalue weighted by atomic mass is 16.5. The van der Waals surface area contributed by atoms with Crippen molar-refractivity contribution in [3.63, 3.8) is 0 Å². The van der Waals surface area contributed by atoms with Gasteiger partial charge in [0.15, 0.2) is 0 Å². The zero-order valence-electron chi connectivity index (χ0n) is 15.7. The van der Waals surface area contributed by atoms with Crippen LogP contribution in [-0.2, 0) is 9.53 Å². The monoisotopic (exact) mass is 370 g/mol. The molecule has 0 radical (unpaired) electrons. The first-order chi connectivity index (χ1) is 13.2. The van der Waals surface area contributed by atoms with Crippen LogP contribution in [0.15, 0.2) is 25.2 Å². The van der Waals surface area contributed by atoms with Gasteiger partial charge < -0.3 is 19.4 Å². The van der Waals surface area contributed by atoms with Gasteiger partial charge in [-0.05, 0) is 42.7 Å². The molecule has 27 heavy (non-hydrogen) atoms. The lowest BCUT2D eigenvalue weighted by Gasteiger charge is -2.35. The molecule has 2 aliphatic heterocycles. The molecule has 2 fully saturated rings. The Morgan fingerprint density at radius 3 is 2.96 bits per heavy atom. The van der Waals surface area contributed by atoms with Crippen LogP contribution < -0.4 is 4.74 Å². The van der Waals surface area contributed by atoms with Gasteiger partial charge in [0, 0.05) is 26.0 Å². The molecular formula is C20H26N4O3. The maximum absolute atomic E-state index is 12.1. The number of fused-ring (bicyclic) bond motifs is 1. The molecule has 7 heteroatoms. The summed E-state index contributed by atoms with van der Waals surface area (Å²) in [5.41, 5.74) is 2.00. The van der Waals surface area contributed by atoms with E-state index in [4.69, 9.17) is 9.47 Å². The Bertz CT molecular complexity index is 828. The highest BCUT2D eigenvalue weighted by Gasteiger charge is 2.30. The first-order valence-corrected chi connectivity index (χ1v) is 9.63. The average molecular weight is 370 g/mol. The number of carbonyl (C=O) groups is 1. The summed E-state index contributed by atoms with van der Waals surface area (Å²) in [6.07, 6.45) is 7.71. The Morgan fingerprint density at radius 1 is 1.37 bits per heavy atom. The number of rotatable bonds is 4. The molecule has 7 nitrogen and oxygen atoms in total. The number of carbonyl (C=O) groups excluding carboxylic acids is 1. The second kappa shape index (κ2) is 7.68. The van der Waals surface area contributed by atoms with E-state index in [2.05, 4.69) is 28.5 Å². The van der Waals surface area contributed by atoms with Crippen molar-refractivity contribution in [3.8, 4) is 5.88 Å². The third kappa shape index (κ3) is 3.69. The lowest BCUT2D eigenvalue weighted by molar-refractivity contribution is -0.129. The van der Waals surface area contributed by atoms with Crippen molar-refractivity contribution in [3.05, 3.63) is 30.7 Å². The van der Waals surface area contributed by atoms with Crippen LogP contribution in [0.3, 0.4) is 0 Å². The molecule has 144 valence electrons. The summed E-state index contributed by atoms with van der Waals surface area (Å²) in [5.74, 6) is 1.34. The molecule has 2 aromatic heterocycles. The smallest absolute Gasteiger partial charge is 0.246 e. The van der Waals surface area contributed by atoms with Crippen LogP contribution in [0.25, 0.3) is 11.0 Å². The largest absolute Gasteiger partial charge is 0.472 e. The summed E-state index contributed by atoms with van der Waals surface area (Å²) < 4.78 is 11.8. The zero-order chi connectivity index (χ0) is 18.8. The lowest BCUT2D eigenvalue weighted by atomic mass is 9.92. The first kappa shape index (κ1) is 18.0. The quantitative estimate of drug-likeness (QED) is 0.837. The van der Waals surface area contributed by atoms with Gasteiger partial charge in [0.2, 0.25) is 11.8 Å². The van der Waals surface area contributed by atoms with E-state index in [-0.39, 0.29) is 12.0 Å². The third-order valence-electron chi connectivity index (χ3n) is 5.51. The number of hydrogen-bond donors (Lipinski definition) is 1. The molecule has 1 amide bonds. The number of hydrogen-bond acceptors (Lipinski definition) is 5. The van der Waals surface area contributed by atoms with Crippen molar-refractivity contribution in [2.75, 3.05) is 26.3 Å². The number of H-pyrrole nitrogens is 1. The first-order valence-electron chi connectivity index (χ1n) is 9.63. The van der Waals surface area contributed by atoms with E-state index in [1.807, 2.05) is 6.20 Å². The van der Waals surface area contributed by atoms with Crippen LogP contribution in [0, 0.1) is 5.92 Å². The highest BCUT2D eigenvalue weighted by Crippen LogP contribution is 2.36. The highest BCUT2D eigenvalue weighted by molar-refractivity contribution is 5.87. The Morgan fingerprint density at radius 2 is 2.19 bits per heavy atom. The van der Waals surface area contributed by atoms with E-state index in [0.717, 1.165) is 50.1 Å². The van der Waals surface area contributed by atoms with Crippen molar-refractivity contribution in [1.82, 2.24) is 19.9 Å². The molecule has 0 spiro atoms. The van der Waals surface area contributed by atoms with Crippen molar-refractivity contribution in [1.29, 1.82) is 0 Å². The Kier molecular flexibility index (Phi) is 5.11. The number of aromatic amines is 1. The van der Waals surface area contributed by atoms with Crippen LogP contribution in [0.2, 0.25) is 0 Å². The van der Waals surface area contributed by atoms with E-state index in [1.54, 1.807) is 4.90 Å². The molecule has 4 rings (SSSR count). The van der Waals surface area contributed by atoms with Gasteiger partial charge in [0.25, 0.3) is 0 Å². The molecule has 1 N–H and O–H groups in total. The van der Waals surface area contributed by atoms with Crippen LogP contribution >= 0.6 is 0 Å². The summed E-state index contributed by atoms with van der Waals surface area (Å²) in [7, 11) is 0. The van der Waals surface area contributed by atoms with Crippen LogP contribution in [0.5, 0.6) is 5.88 Å². The summed E-state index contributed by atoms with van der Waals surface area (Å²) in [6, 6.07) is 0. The normalized spacial score (nSPS) is 24.1. The number of nitrogens with one attached hydrogen (secondary N) is 1. The van der Waals surface area contributed by atoms with Gasteiger partial charge in [-0.25, -0.2) is 9.97 Å². The van der Waals surface area contributed by atoms with Crippen molar-refractivity contribution >= 4 is 16.9 Å². The van der Waals surface area contributed by atoms with Crippen LogP contribution in [0.1, 0.15) is 37.7 Å². The minimum Gasteiger partial charge on any atom is -0.472 e. The summed E-state index contributed by atoms with van der Waals surface area (Å²) in [4.78, 5) is 25.9. The van der Waals surface area contributed by atoms with Crippen molar-refractivity contribution in [2.24, 2.45) is 5.92 Å². The number of nitrogens with zero attached hydrogens (tertiary/aromatic N) is 3. The second-order valence-corrected chi connectivity index (χ2v) is 7.56. The molecule has 4 heterocycles. The third-order valence-corrected chi connectivity index (χ3v) is 5.51. The van der Waals surface area contributed by atoms with E-state index >= 15 is 0 Å². The zero-order valence-corrected chi connectivity index (χ0v) is 15.7. The maximum Gasteiger partial charge on any atom is 0.246 e. The second-order valence-electron chi connectivity index (χ2n) is 7.56. The maximum atomic E-state index is 12.1. The van der Waals surface area contributed by atoms with E-state index in [0.29, 0.717) is 24.3 Å². The fraction of sp³-hybridized carbons (Fsp3) is 0.550. The minimum absolute atomic E-state index is 0.0486. The van der Waals surface area contributed by atoms with Gasteiger partial charge >= 0.3 is 0 Å². The molecule has 0 aliphatic carbocycles. The Balaban J connectivity index is 1.60. The molecule has 2 saturated heterocycles. The number of amides is 1. The van der Waals surface area contributed by atoms with E-state index in [1.165, 1.54) is 18.0 Å². The van der Waals surface area contributed by atoms with Gasteiger partial charge in [-0.15, -0.1) is 0 Å². The Labute approximate surface area is 158 Å². The fourth-order valence-electron chi connectivity index (χ4n) is 4.22. The SMILES string of the molecule is C=CC(=O)N1C[C@@H](C)C[C@@H](Oc2ncnc3[nH]cc(C4CCOCC4)c23)C1. The molecule has 2 atom stereocenters. The fourth-order valence-corrected chi connectivity index (χ4v) is 4.22.